The first-order valence-corrected chi connectivity index (χ1v) is 10.9. The van der Waals surface area contributed by atoms with Gasteiger partial charge in [0.05, 0.1) is 19.0 Å². The van der Waals surface area contributed by atoms with Gasteiger partial charge in [0, 0.05) is 18.0 Å². The van der Waals surface area contributed by atoms with Gasteiger partial charge in [-0.25, -0.2) is 0 Å². The molecular formula is C18H22N2OS3. The van der Waals surface area contributed by atoms with Crippen LogP contribution in [0, 0.1) is 12.8 Å². The maximum Gasteiger partial charge on any atom is 0.262 e. The minimum atomic E-state index is -0.166. The van der Waals surface area contributed by atoms with Crippen LogP contribution in [0.1, 0.15) is 40.7 Å². The fourth-order valence-electron chi connectivity index (χ4n) is 3.82. The summed E-state index contributed by atoms with van der Waals surface area (Å²) >= 11 is 5.14. The van der Waals surface area contributed by atoms with Gasteiger partial charge in [0.15, 0.2) is 0 Å². The Hall–Kier alpha value is -0.820. The smallest absolute Gasteiger partial charge is 0.262 e. The number of fused-ring (bicyclic) bond motifs is 3. The van der Waals surface area contributed by atoms with Gasteiger partial charge in [0.25, 0.3) is 5.91 Å². The van der Waals surface area contributed by atoms with Crippen molar-refractivity contribution in [1.82, 2.24) is 10.2 Å². The van der Waals surface area contributed by atoms with Crippen LogP contribution in [0.5, 0.6) is 0 Å². The van der Waals surface area contributed by atoms with Crippen LogP contribution in [0.15, 0.2) is 32.7 Å². The molecule has 1 atom stereocenters. The molecule has 3 aliphatic heterocycles. The summed E-state index contributed by atoms with van der Waals surface area (Å²) in [5.41, 5.74) is -0.166. The summed E-state index contributed by atoms with van der Waals surface area (Å²) in [6, 6.07) is 8.32. The standard InChI is InChI=1S/C18H22N2OS3/c1-12-3-5-15(22-12)24-16-6-4-14(23-16)17(21)19-18(2)11-13-7-9-20(18)10-8-13/h3-6,13H,7-11H2,1-2H3,(H,19,21)/t18-/m0/s1. The molecule has 3 nitrogen and oxygen atoms in total. The number of carbonyl (C=O) groups excluding carboxylic acids is 1. The van der Waals surface area contributed by atoms with Crippen LogP contribution in [0.4, 0.5) is 0 Å². The van der Waals surface area contributed by atoms with E-state index >= 15 is 0 Å². The topological polar surface area (TPSA) is 32.3 Å². The lowest BCUT2D eigenvalue weighted by Crippen LogP contribution is -2.65. The molecule has 128 valence electrons. The van der Waals surface area contributed by atoms with Crippen LogP contribution in [0.2, 0.25) is 0 Å². The zero-order chi connectivity index (χ0) is 16.7. The number of nitrogens with zero attached hydrogens (tertiary/aromatic N) is 1. The first-order valence-electron chi connectivity index (χ1n) is 8.43. The molecule has 5 heterocycles. The second-order valence-electron chi connectivity index (χ2n) is 6.95. The second kappa shape index (κ2) is 6.48. The lowest BCUT2D eigenvalue weighted by molar-refractivity contribution is -0.0346. The Balaban J connectivity index is 1.43. The van der Waals surface area contributed by atoms with Crippen LogP contribution in [-0.4, -0.2) is 29.6 Å². The number of thiophene rings is 2. The largest absolute Gasteiger partial charge is 0.333 e. The van der Waals surface area contributed by atoms with Gasteiger partial charge in [-0.15, -0.1) is 22.7 Å². The highest BCUT2D eigenvalue weighted by Crippen LogP contribution is 2.39. The Bertz CT molecular complexity index is 745. The number of rotatable bonds is 4. The molecule has 6 heteroatoms. The highest BCUT2D eigenvalue weighted by Gasteiger charge is 2.43. The molecule has 24 heavy (non-hydrogen) atoms. The van der Waals surface area contributed by atoms with Gasteiger partial charge in [-0.1, -0.05) is 11.8 Å². The molecule has 0 saturated carbocycles. The van der Waals surface area contributed by atoms with Crippen LogP contribution >= 0.6 is 34.4 Å². The molecule has 2 aromatic heterocycles. The number of amides is 1. The molecular weight excluding hydrogens is 356 g/mol. The van der Waals surface area contributed by atoms with Crippen molar-refractivity contribution in [2.75, 3.05) is 13.1 Å². The summed E-state index contributed by atoms with van der Waals surface area (Å²) in [6.45, 7) is 6.54. The van der Waals surface area contributed by atoms with Crippen molar-refractivity contribution >= 4 is 40.3 Å². The molecule has 3 fully saturated rings. The van der Waals surface area contributed by atoms with E-state index in [1.807, 2.05) is 6.07 Å². The molecule has 0 spiro atoms. The van der Waals surface area contributed by atoms with Crippen LogP contribution < -0.4 is 5.32 Å². The third kappa shape index (κ3) is 3.29. The van der Waals surface area contributed by atoms with Crippen LogP contribution in [0.3, 0.4) is 0 Å². The summed E-state index contributed by atoms with van der Waals surface area (Å²) in [5, 5.41) is 3.32. The Morgan fingerprint density at radius 1 is 1.21 bits per heavy atom. The molecule has 0 aliphatic carbocycles. The number of aryl methyl sites for hydroxylation is 1. The normalized spacial score (nSPS) is 28.9. The van der Waals surface area contributed by atoms with Gasteiger partial charge >= 0.3 is 0 Å². The van der Waals surface area contributed by atoms with Gasteiger partial charge in [-0.3, -0.25) is 9.69 Å². The molecule has 1 amide bonds. The number of hydrogen-bond acceptors (Lipinski definition) is 5. The van der Waals surface area contributed by atoms with E-state index in [0.717, 1.165) is 30.3 Å². The van der Waals surface area contributed by atoms with Crippen LogP contribution in [-0.2, 0) is 0 Å². The molecule has 2 aromatic rings. The van der Waals surface area contributed by atoms with E-state index in [4.69, 9.17) is 0 Å². The van der Waals surface area contributed by atoms with Gasteiger partial charge in [0.1, 0.15) is 0 Å². The molecule has 0 radical (unpaired) electrons. The maximum atomic E-state index is 12.7. The third-order valence-electron chi connectivity index (χ3n) is 5.10. The Kier molecular flexibility index (Phi) is 4.49. The number of nitrogens with one attached hydrogen (secondary N) is 1. The zero-order valence-electron chi connectivity index (χ0n) is 14.0. The van der Waals surface area contributed by atoms with Crippen molar-refractivity contribution in [3.05, 3.63) is 34.0 Å². The minimum Gasteiger partial charge on any atom is -0.333 e. The predicted molar refractivity (Wildman–Crippen MR) is 102 cm³/mol. The summed E-state index contributed by atoms with van der Waals surface area (Å²) in [5.74, 6) is 0.848. The zero-order valence-corrected chi connectivity index (χ0v) is 16.5. The van der Waals surface area contributed by atoms with Gasteiger partial charge in [-0.05, 0) is 63.3 Å². The SMILES string of the molecule is Cc1ccc(Sc2ccc(C(=O)N[C@]3(C)CC4CCN3CC4)s2)s1. The first-order chi connectivity index (χ1) is 11.5. The minimum absolute atomic E-state index is 0.0734. The third-order valence-corrected chi connectivity index (χ3v) is 8.45. The Labute approximate surface area is 155 Å². The highest BCUT2D eigenvalue weighted by molar-refractivity contribution is 8.02. The van der Waals surface area contributed by atoms with Gasteiger partial charge in [-0.2, -0.15) is 0 Å². The molecule has 0 unspecified atom stereocenters. The van der Waals surface area contributed by atoms with Crippen molar-refractivity contribution in [2.45, 2.75) is 47.2 Å². The van der Waals surface area contributed by atoms with Crippen molar-refractivity contribution in [3.8, 4) is 0 Å². The van der Waals surface area contributed by atoms with Gasteiger partial charge in [0.2, 0.25) is 0 Å². The van der Waals surface area contributed by atoms with Crippen molar-refractivity contribution in [3.63, 3.8) is 0 Å². The lowest BCUT2D eigenvalue weighted by Gasteiger charge is -2.52. The second-order valence-corrected chi connectivity index (χ2v) is 10.9. The predicted octanol–water partition coefficient (Wildman–Crippen LogP) is 4.83. The van der Waals surface area contributed by atoms with E-state index in [9.17, 15) is 4.79 Å². The summed E-state index contributed by atoms with van der Waals surface area (Å²) in [7, 11) is 0. The fourth-order valence-corrected chi connectivity index (χ4v) is 7.21. The Morgan fingerprint density at radius 3 is 2.54 bits per heavy atom. The van der Waals surface area contributed by atoms with Crippen molar-refractivity contribution in [1.29, 1.82) is 0 Å². The molecule has 5 rings (SSSR count). The lowest BCUT2D eigenvalue weighted by atomic mass is 9.80. The first kappa shape index (κ1) is 16.6. The number of hydrogen-bond donors (Lipinski definition) is 1. The summed E-state index contributed by atoms with van der Waals surface area (Å²) in [6.07, 6.45) is 3.65. The molecule has 2 bridgehead atoms. The molecule has 3 saturated heterocycles. The number of piperidine rings is 3. The van der Waals surface area contributed by atoms with Crippen molar-refractivity contribution in [2.24, 2.45) is 5.92 Å². The van der Waals surface area contributed by atoms with E-state index in [0.29, 0.717) is 0 Å². The maximum absolute atomic E-state index is 12.7. The molecule has 1 N–H and O–H groups in total. The molecule has 0 aromatic carbocycles. The average Bonchev–Trinajstić information content (AvgIpc) is 3.17. The monoisotopic (exact) mass is 378 g/mol. The number of carbonyl (C=O) groups is 1. The van der Waals surface area contributed by atoms with E-state index < -0.39 is 0 Å². The van der Waals surface area contributed by atoms with E-state index in [-0.39, 0.29) is 11.6 Å². The van der Waals surface area contributed by atoms with Crippen LogP contribution in [0.25, 0.3) is 0 Å². The summed E-state index contributed by atoms with van der Waals surface area (Å²) < 4.78 is 2.46. The average molecular weight is 379 g/mol. The van der Waals surface area contributed by atoms with Gasteiger partial charge < -0.3 is 5.32 Å². The Morgan fingerprint density at radius 2 is 1.92 bits per heavy atom. The van der Waals surface area contributed by atoms with E-state index in [1.165, 1.54) is 26.1 Å². The fraction of sp³-hybridized carbons (Fsp3) is 0.500. The van der Waals surface area contributed by atoms with Crippen molar-refractivity contribution < 1.29 is 4.79 Å². The highest BCUT2D eigenvalue weighted by atomic mass is 32.2. The van der Waals surface area contributed by atoms with E-state index in [2.05, 4.69) is 42.3 Å². The summed E-state index contributed by atoms with van der Waals surface area (Å²) in [4.78, 5) is 17.3. The molecule has 3 aliphatic rings. The quantitative estimate of drug-likeness (QED) is 0.827. The van der Waals surface area contributed by atoms with E-state index in [1.54, 1.807) is 34.4 Å².